The first-order valence-electron chi connectivity index (χ1n) is 12.2. The molecule has 2 aliphatic heterocycles. The SMILES string of the molecule is OCC1CC(Oc2nc3nc(-c4ccc(-c5ccc(N6CCOCC6)cc5)cc4)c(Cl)cc3[nH]2)CO1. The van der Waals surface area contributed by atoms with Gasteiger partial charge < -0.3 is 29.2 Å². The molecule has 8 nitrogen and oxygen atoms in total. The number of morpholine rings is 1. The molecule has 2 saturated heterocycles. The Morgan fingerprint density at radius 3 is 2.39 bits per heavy atom. The van der Waals surface area contributed by atoms with Crippen molar-refractivity contribution >= 4 is 28.5 Å². The van der Waals surface area contributed by atoms with Gasteiger partial charge >= 0.3 is 0 Å². The zero-order valence-electron chi connectivity index (χ0n) is 19.7. The number of aliphatic hydroxyl groups excluding tert-OH is 1. The van der Waals surface area contributed by atoms with E-state index in [4.69, 9.17) is 30.8 Å². The van der Waals surface area contributed by atoms with Gasteiger partial charge in [-0.3, -0.25) is 0 Å². The highest BCUT2D eigenvalue weighted by atomic mass is 35.5. The van der Waals surface area contributed by atoms with Gasteiger partial charge in [-0.15, -0.1) is 0 Å². The first kappa shape index (κ1) is 23.2. The van der Waals surface area contributed by atoms with Crippen molar-refractivity contribution < 1.29 is 19.3 Å². The molecule has 2 unspecified atom stereocenters. The van der Waals surface area contributed by atoms with Crippen LogP contribution in [-0.4, -0.2) is 71.8 Å². The molecule has 0 amide bonds. The van der Waals surface area contributed by atoms with Crippen LogP contribution in [-0.2, 0) is 9.47 Å². The molecule has 2 aromatic carbocycles. The molecular weight excluding hydrogens is 480 g/mol. The van der Waals surface area contributed by atoms with Crippen LogP contribution >= 0.6 is 11.6 Å². The van der Waals surface area contributed by atoms with Crippen LogP contribution in [0.1, 0.15) is 6.42 Å². The molecule has 4 heterocycles. The molecule has 4 aromatic rings. The Balaban J connectivity index is 1.19. The van der Waals surface area contributed by atoms with Gasteiger partial charge in [-0.25, -0.2) is 4.98 Å². The minimum atomic E-state index is -0.191. The predicted molar refractivity (Wildman–Crippen MR) is 139 cm³/mol. The maximum atomic E-state index is 9.24. The van der Waals surface area contributed by atoms with Gasteiger partial charge in [-0.2, -0.15) is 4.98 Å². The van der Waals surface area contributed by atoms with Crippen molar-refractivity contribution in [1.29, 1.82) is 0 Å². The number of aromatic nitrogens is 3. The number of anilines is 1. The Bertz CT molecular complexity index is 1340. The average Bonchev–Trinajstić information content (AvgIpc) is 3.55. The zero-order chi connectivity index (χ0) is 24.5. The van der Waals surface area contributed by atoms with Gasteiger partial charge in [0.2, 0.25) is 0 Å². The summed E-state index contributed by atoms with van der Waals surface area (Å²) < 4.78 is 16.8. The van der Waals surface area contributed by atoms with E-state index in [1.807, 2.05) is 18.2 Å². The molecule has 2 fully saturated rings. The fraction of sp³-hybridized carbons (Fsp3) is 0.333. The fourth-order valence-electron chi connectivity index (χ4n) is 4.70. The van der Waals surface area contributed by atoms with Gasteiger partial charge in [-0.1, -0.05) is 48.0 Å². The Morgan fingerprint density at radius 2 is 1.69 bits per heavy atom. The lowest BCUT2D eigenvalue weighted by Gasteiger charge is -2.28. The molecule has 36 heavy (non-hydrogen) atoms. The molecule has 9 heteroatoms. The minimum Gasteiger partial charge on any atom is -0.459 e. The van der Waals surface area contributed by atoms with Gasteiger partial charge in [0.1, 0.15) is 6.10 Å². The topological polar surface area (TPSA) is 92.7 Å². The summed E-state index contributed by atoms with van der Waals surface area (Å²) in [5.41, 5.74) is 6.32. The quantitative estimate of drug-likeness (QED) is 0.402. The van der Waals surface area contributed by atoms with E-state index in [9.17, 15) is 5.11 Å². The van der Waals surface area contributed by atoms with Gasteiger partial charge in [0, 0.05) is 30.8 Å². The molecule has 6 rings (SSSR count). The van der Waals surface area contributed by atoms with Crippen LogP contribution in [0.3, 0.4) is 0 Å². The maximum Gasteiger partial charge on any atom is 0.296 e. The number of nitrogens with one attached hydrogen (secondary N) is 1. The number of aliphatic hydroxyl groups is 1. The first-order valence-corrected chi connectivity index (χ1v) is 12.5. The molecule has 2 aromatic heterocycles. The lowest BCUT2D eigenvalue weighted by atomic mass is 10.0. The van der Waals surface area contributed by atoms with E-state index in [1.54, 1.807) is 0 Å². The maximum absolute atomic E-state index is 9.24. The lowest BCUT2D eigenvalue weighted by molar-refractivity contribution is 0.0528. The van der Waals surface area contributed by atoms with E-state index in [1.165, 1.54) is 5.69 Å². The van der Waals surface area contributed by atoms with Crippen molar-refractivity contribution in [2.45, 2.75) is 18.6 Å². The summed E-state index contributed by atoms with van der Waals surface area (Å²) in [5.74, 6) is 0. The summed E-state index contributed by atoms with van der Waals surface area (Å²) in [4.78, 5) is 14.7. The number of benzene rings is 2. The average molecular weight is 507 g/mol. The van der Waals surface area contributed by atoms with Crippen LogP contribution < -0.4 is 9.64 Å². The van der Waals surface area contributed by atoms with Crippen molar-refractivity contribution in [2.24, 2.45) is 0 Å². The Morgan fingerprint density at radius 1 is 1.00 bits per heavy atom. The number of hydrogen-bond donors (Lipinski definition) is 2. The summed E-state index contributed by atoms with van der Waals surface area (Å²) in [6, 6.07) is 19.0. The van der Waals surface area contributed by atoms with Crippen LogP contribution in [0.4, 0.5) is 5.69 Å². The van der Waals surface area contributed by atoms with Crippen molar-refractivity contribution in [3.63, 3.8) is 0 Å². The first-order chi connectivity index (χ1) is 17.7. The normalized spacial score (nSPS) is 20.2. The van der Waals surface area contributed by atoms with Crippen LogP contribution in [0.25, 0.3) is 33.5 Å². The van der Waals surface area contributed by atoms with Gasteiger partial charge in [0.25, 0.3) is 6.01 Å². The van der Waals surface area contributed by atoms with E-state index in [0.29, 0.717) is 40.9 Å². The number of ether oxygens (including phenoxy) is 3. The van der Waals surface area contributed by atoms with Crippen LogP contribution in [0.5, 0.6) is 6.01 Å². The third-order valence-electron chi connectivity index (χ3n) is 6.67. The number of halogens is 1. The van der Waals surface area contributed by atoms with E-state index in [0.717, 1.165) is 43.0 Å². The second-order valence-corrected chi connectivity index (χ2v) is 9.48. The molecule has 0 bridgehead atoms. The smallest absolute Gasteiger partial charge is 0.296 e. The number of hydrogen-bond acceptors (Lipinski definition) is 7. The second kappa shape index (κ2) is 10.1. The highest BCUT2D eigenvalue weighted by molar-refractivity contribution is 6.33. The number of imidazole rings is 1. The van der Waals surface area contributed by atoms with Crippen molar-refractivity contribution in [3.05, 3.63) is 59.6 Å². The molecular formula is C27H27ClN4O4. The highest BCUT2D eigenvalue weighted by Gasteiger charge is 2.27. The molecule has 0 saturated carbocycles. The molecule has 186 valence electrons. The lowest BCUT2D eigenvalue weighted by Crippen LogP contribution is -2.36. The summed E-state index contributed by atoms with van der Waals surface area (Å²) in [6.45, 7) is 3.81. The highest BCUT2D eigenvalue weighted by Crippen LogP contribution is 2.32. The largest absolute Gasteiger partial charge is 0.459 e. The van der Waals surface area contributed by atoms with E-state index in [-0.39, 0.29) is 18.8 Å². The van der Waals surface area contributed by atoms with Crippen LogP contribution in [0.15, 0.2) is 54.6 Å². The van der Waals surface area contributed by atoms with Crippen molar-refractivity contribution in [2.75, 3.05) is 44.4 Å². The summed E-state index contributed by atoms with van der Waals surface area (Å²) in [6.07, 6.45) is 0.271. The minimum absolute atomic E-state index is 0.0148. The summed E-state index contributed by atoms with van der Waals surface area (Å²) in [5, 5.41) is 9.77. The van der Waals surface area contributed by atoms with Crippen molar-refractivity contribution in [3.8, 4) is 28.4 Å². The fourth-order valence-corrected chi connectivity index (χ4v) is 4.96. The Labute approximate surface area is 213 Å². The van der Waals surface area contributed by atoms with Crippen LogP contribution in [0, 0.1) is 0 Å². The van der Waals surface area contributed by atoms with Gasteiger partial charge in [0.05, 0.1) is 48.8 Å². The molecule has 2 aliphatic rings. The Kier molecular flexibility index (Phi) is 6.50. The Hall–Kier alpha value is -3.17. The van der Waals surface area contributed by atoms with Gasteiger partial charge in [0.15, 0.2) is 5.65 Å². The molecule has 2 N–H and O–H groups in total. The molecule has 2 atom stereocenters. The number of fused-ring (bicyclic) bond motifs is 1. The number of nitrogens with zero attached hydrogens (tertiary/aromatic N) is 3. The number of H-pyrrole nitrogens is 1. The van der Waals surface area contributed by atoms with Crippen molar-refractivity contribution in [1.82, 2.24) is 15.0 Å². The van der Waals surface area contributed by atoms with Gasteiger partial charge in [-0.05, 0) is 29.3 Å². The summed E-state index contributed by atoms with van der Waals surface area (Å²) in [7, 11) is 0. The standard InChI is InChI=1S/C27H27ClN4O4/c28-23-14-24-26(31-27(29-24)36-22-13-21(15-33)35-16-22)30-25(23)19-3-1-17(2-4-19)18-5-7-20(8-6-18)32-9-11-34-12-10-32/h1-8,14,21-22,33H,9-13,15-16H2,(H,29,30,31). The van der Waals surface area contributed by atoms with E-state index < -0.39 is 0 Å². The molecule has 0 aliphatic carbocycles. The third kappa shape index (κ3) is 4.77. The van der Waals surface area contributed by atoms with Crippen LogP contribution in [0.2, 0.25) is 5.02 Å². The number of rotatable bonds is 6. The number of pyridine rings is 1. The summed E-state index contributed by atoms with van der Waals surface area (Å²) >= 11 is 6.59. The molecule has 0 spiro atoms. The molecule has 0 radical (unpaired) electrons. The van der Waals surface area contributed by atoms with E-state index >= 15 is 0 Å². The monoisotopic (exact) mass is 506 g/mol. The predicted octanol–water partition coefficient (Wildman–Crippen LogP) is 4.31. The van der Waals surface area contributed by atoms with E-state index in [2.05, 4.69) is 51.3 Å². The second-order valence-electron chi connectivity index (χ2n) is 9.07. The zero-order valence-corrected chi connectivity index (χ0v) is 20.4. The third-order valence-corrected chi connectivity index (χ3v) is 6.95. The number of aromatic amines is 1.